The molecular weight excluding hydrogens is 303 g/mol. The topological polar surface area (TPSA) is 76.0 Å². The molecule has 0 amide bonds. The second kappa shape index (κ2) is 5.24. The standard InChI is InChI=1S/C8H13IO5/c1-4-8(14-6(11)2-9)7(12)5(3-10)13-4/h4-5,7-8,10,12H,2-3H2,1H3/t4-,5+,7?,8?/m0/s1. The van der Waals surface area contributed by atoms with E-state index in [2.05, 4.69) is 0 Å². The molecule has 1 aliphatic rings. The minimum absolute atomic E-state index is 0.234. The third-order valence-electron chi connectivity index (χ3n) is 2.13. The molecule has 0 radical (unpaired) electrons. The van der Waals surface area contributed by atoms with Crippen LogP contribution in [-0.2, 0) is 14.3 Å². The van der Waals surface area contributed by atoms with Crippen molar-refractivity contribution in [2.75, 3.05) is 11.0 Å². The molecule has 82 valence electrons. The highest BCUT2D eigenvalue weighted by molar-refractivity contribution is 14.1. The predicted molar refractivity (Wildman–Crippen MR) is 56.2 cm³/mol. The van der Waals surface area contributed by atoms with E-state index in [0.717, 1.165) is 0 Å². The van der Waals surface area contributed by atoms with Crippen LogP contribution >= 0.6 is 22.6 Å². The molecule has 0 spiro atoms. The minimum Gasteiger partial charge on any atom is -0.456 e. The number of aliphatic hydroxyl groups excluding tert-OH is 2. The molecule has 1 fully saturated rings. The van der Waals surface area contributed by atoms with Crippen LogP contribution in [-0.4, -0.2) is 51.6 Å². The molecule has 6 heteroatoms. The van der Waals surface area contributed by atoms with Crippen molar-refractivity contribution < 1.29 is 24.5 Å². The Morgan fingerprint density at radius 2 is 2.29 bits per heavy atom. The Kier molecular flexibility index (Phi) is 4.55. The molecule has 2 N–H and O–H groups in total. The van der Waals surface area contributed by atoms with Crippen molar-refractivity contribution in [1.29, 1.82) is 0 Å². The molecule has 1 saturated heterocycles. The zero-order valence-electron chi connectivity index (χ0n) is 7.72. The summed E-state index contributed by atoms with van der Waals surface area (Å²) >= 11 is 1.88. The fourth-order valence-corrected chi connectivity index (χ4v) is 1.60. The molecule has 0 aromatic heterocycles. The number of carbonyl (C=O) groups is 1. The van der Waals surface area contributed by atoms with Crippen molar-refractivity contribution in [2.24, 2.45) is 0 Å². The number of carbonyl (C=O) groups excluding carboxylic acids is 1. The van der Waals surface area contributed by atoms with Gasteiger partial charge in [-0.15, -0.1) is 0 Å². The van der Waals surface area contributed by atoms with Gasteiger partial charge in [-0.25, -0.2) is 0 Å². The first-order chi connectivity index (χ1) is 6.60. The lowest BCUT2D eigenvalue weighted by Crippen LogP contribution is -2.37. The van der Waals surface area contributed by atoms with Crippen LogP contribution in [0.25, 0.3) is 0 Å². The number of alkyl halides is 1. The number of ether oxygens (including phenoxy) is 2. The number of hydrogen-bond acceptors (Lipinski definition) is 5. The van der Waals surface area contributed by atoms with Gasteiger partial charge in [0.15, 0.2) is 6.10 Å². The summed E-state index contributed by atoms with van der Waals surface area (Å²) in [6.45, 7) is 1.42. The van der Waals surface area contributed by atoms with Crippen molar-refractivity contribution in [3.05, 3.63) is 0 Å². The summed E-state index contributed by atoms with van der Waals surface area (Å²) in [6, 6.07) is 0. The van der Waals surface area contributed by atoms with Gasteiger partial charge in [-0.05, 0) is 6.92 Å². The van der Waals surface area contributed by atoms with Crippen LogP contribution in [0.2, 0.25) is 0 Å². The first-order valence-electron chi connectivity index (χ1n) is 4.30. The van der Waals surface area contributed by atoms with E-state index in [1.54, 1.807) is 6.92 Å². The normalized spacial score (nSPS) is 37.1. The zero-order valence-corrected chi connectivity index (χ0v) is 9.88. The van der Waals surface area contributed by atoms with Crippen molar-refractivity contribution in [3.8, 4) is 0 Å². The molecule has 4 atom stereocenters. The third kappa shape index (κ3) is 2.56. The van der Waals surface area contributed by atoms with Crippen molar-refractivity contribution in [1.82, 2.24) is 0 Å². The quantitative estimate of drug-likeness (QED) is 0.416. The molecule has 5 nitrogen and oxygen atoms in total. The fraction of sp³-hybridized carbons (Fsp3) is 0.875. The maximum atomic E-state index is 11.0. The van der Waals surface area contributed by atoms with E-state index in [0.29, 0.717) is 0 Å². The lowest BCUT2D eigenvalue weighted by atomic mass is 10.1. The molecule has 1 rings (SSSR count). The van der Waals surface area contributed by atoms with Crippen LogP contribution in [0.5, 0.6) is 0 Å². The molecule has 0 saturated carbocycles. The lowest BCUT2D eigenvalue weighted by Gasteiger charge is -2.17. The van der Waals surface area contributed by atoms with Gasteiger partial charge >= 0.3 is 5.97 Å². The Balaban J connectivity index is 2.56. The fourth-order valence-electron chi connectivity index (χ4n) is 1.42. The smallest absolute Gasteiger partial charge is 0.316 e. The molecule has 1 heterocycles. The lowest BCUT2D eigenvalue weighted by molar-refractivity contribution is -0.151. The van der Waals surface area contributed by atoms with Crippen LogP contribution in [0.1, 0.15) is 6.92 Å². The van der Waals surface area contributed by atoms with Gasteiger partial charge in [0.2, 0.25) is 0 Å². The highest BCUT2D eigenvalue weighted by Crippen LogP contribution is 2.23. The highest BCUT2D eigenvalue weighted by atomic mass is 127. The number of hydrogen-bond donors (Lipinski definition) is 2. The van der Waals surface area contributed by atoms with Gasteiger partial charge in [0.05, 0.1) is 17.1 Å². The van der Waals surface area contributed by atoms with Gasteiger partial charge in [0.1, 0.15) is 12.2 Å². The van der Waals surface area contributed by atoms with Gasteiger partial charge in [0, 0.05) is 0 Å². The Hall–Kier alpha value is 0.0800. The Morgan fingerprint density at radius 1 is 1.64 bits per heavy atom. The first-order valence-corrected chi connectivity index (χ1v) is 5.82. The minimum atomic E-state index is -0.943. The van der Waals surface area contributed by atoms with E-state index in [-0.39, 0.29) is 23.1 Å². The van der Waals surface area contributed by atoms with Crippen LogP contribution in [0, 0.1) is 0 Å². The van der Waals surface area contributed by atoms with Gasteiger partial charge in [0.25, 0.3) is 0 Å². The van der Waals surface area contributed by atoms with E-state index < -0.39 is 18.3 Å². The summed E-state index contributed by atoms with van der Waals surface area (Å²) in [6.07, 6.45) is -2.65. The summed E-state index contributed by atoms with van der Waals surface area (Å²) < 4.78 is 10.4. The summed E-state index contributed by atoms with van der Waals surface area (Å²) in [7, 11) is 0. The average Bonchev–Trinajstić information content (AvgIpc) is 2.44. The average molecular weight is 316 g/mol. The van der Waals surface area contributed by atoms with Crippen molar-refractivity contribution in [2.45, 2.75) is 31.3 Å². The van der Waals surface area contributed by atoms with Gasteiger partial charge < -0.3 is 19.7 Å². The van der Waals surface area contributed by atoms with Gasteiger partial charge in [-0.3, -0.25) is 4.79 Å². The monoisotopic (exact) mass is 316 g/mol. The summed E-state index contributed by atoms with van der Waals surface area (Å²) in [5.74, 6) is -0.385. The molecule has 0 aliphatic carbocycles. The predicted octanol–water partition coefficient (Wildman–Crippen LogP) is -0.526. The van der Waals surface area contributed by atoms with Gasteiger partial charge in [-0.2, -0.15) is 0 Å². The molecule has 1 aliphatic heterocycles. The second-order valence-electron chi connectivity index (χ2n) is 3.14. The summed E-state index contributed by atoms with van der Waals surface area (Å²) in [4.78, 5) is 11.0. The Bertz CT molecular complexity index is 210. The van der Waals surface area contributed by atoms with Crippen LogP contribution < -0.4 is 0 Å². The Labute approximate surface area is 95.5 Å². The maximum Gasteiger partial charge on any atom is 0.316 e. The van der Waals surface area contributed by atoms with E-state index >= 15 is 0 Å². The molecule has 0 aromatic rings. The van der Waals surface area contributed by atoms with Crippen molar-refractivity contribution in [3.63, 3.8) is 0 Å². The molecule has 14 heavy (non-hydrogen) atoms. The van der Waals surface area contributed by atoms with E-state index in [1.165, 1.54) is 0 Å². The highest BCUT2D eigenvalue weighted by Gasteiger charge is 2.43. The van der Waals surface area contributed by atoms with Crippen LogP contribution in [0.15, 0.2) is 0 Å². The number of rotatable bonds is 3. The third-order valence-corrected chi connectivity index (χ3v) is 2.75. The van der Waals surface area contributed by atoms with Crippen molar-refractivity contribution >= 4 is 28.6 Å². The number of aliphatic hydroxyl groups is 2. The largest absolute Gasteiger partial charge is 0.456 e. The second-order valence-corrected chi connectivity index (χ2v) is 3.90. The zero-order chi connectivity index (χ0) is 10.7. The Morgan fingerprint density at radius 3 is 2.71 bits per heavy atom. The van der Waals surface area contributed by atoms with Gasteiger partial charge in [-0.1, -0.05) is 22.6 Å². The van der Waals surface area contributed by atoms with Crippen LogP contribution in [0.4, 0.5) is 0 Å². The molecular formula is C8H13IO5. The summed E-state index contributed by atoms with van der Waals surface area (Å²) in [5, 5.41) is 18.4. The first kappa shape index (κ1) is 12.2. The van der Waals surface area contributed by atoms with E-state index in [4.69, 9.17) is 14.6 Å². The molecule has 0 bridgehead atoms. The number of halogens is 1. The van der Waals surface area contributed by atoms with E-state index in [9.17, 15) is 9.90 Å². The summed E-state index contributed by atoms with van der Waals surface area (Å²) in [5.41, 5.74) is 0. The van der Waals surface area contributed by atoms with E-state index in [1.807, 2.05) is 22.6 Å². The SMILES string of the molecule is C[C@@H]1O[C@H](CO)C(O)C1OC(=O)CI. The maximum absolute atomic E-state index is 11.0. The van der Waals surface area contributed by atoms with Crippen LogP contribution in [0.3, 0.4) is 0 Å². The molecule has 2 unspecified atom stereocenters. The molecule has 0 aromatic carbocycles. The number of esters is 1.